The summed E-state index contributed by atoms with van der Waals surface area (Å²) in [5.41, 5.74) is 0.242. The minimum Gasteiger partial charge on any atom is -0.507 e. The molecule has 13 nitrogen and oxygen atoms in total. The molecular weight excluding hydrogens is 584 g/mol. The van der Waals surface area contributed by atoms with Crippen LogP contribution in [-0.4, -0.2) is 92.4 Å². The molecule has 45 heavy (non-hydrogen) atoms. The van der Waals surface area contributed by atoms with Gasteiger partial charge in [0, 0.05) is 26.2 Å². The molecule has 0 aromatic heterocycles. The molecule has 3 aromatic rings. The van der Waals surface area contributed by atoms with E-state index in [1.54, 1.807) is 30.0 Å². The number of para-hydroxylation sites is 3. The minimum absolute atomic E-state index is 0.0250. The maximum atomic E-state index is 13.7. The third-order valence-electron chi connectivity index (χ3n) is 7.25. The molecule has 3 aromatic carbocycles. The first-order chi connectivity index (χ1) is 21.6. The lowest BCUT2D eigenvalue weighted by Gasteiger charge is -2.26. The van der Waals surface area contributed by atoms with Crippen molar-refractivity contribution in [3.8, 4) is 28.7 Å². The van der Waals surface area contributed by atoms with Crippen molar-refractivity contribution in [2.45, 2.75) is 38.3 Å². The molecule has 3 amide bonds. The lowest BCUT2D eigenvalue weighted by molar-refractivity contribution is -0.134. The number of benzene rings is 3. The average Bonchev–Trinajstić information content (AvgIpc) is 3.41. The van der Waals surface area contributed by atoms with E-state index >= 15 is 0 Å². The van der Waals surface area contributed by atoms with Gasteiger partial charge in [0.15, 0.2) is 29.0 Å². The Kier molecular flexibility index (Phi) is 10.7. The average molecular weight is 621 g/mol. The molecular formula is C32H36N4O9. The van der Waals surface area contributed by atoms with Crippen LogP contribution < -0.4 is 10.6 Å². The zero-order valence-corrected chi connectivity index (χ0v) is 24.6. The zero-order valence-electron chi connectivity index (χ0n) is 24.6. The van der Waals surface area contributed by atoms with Gasteiger partial charge in [-0.05, 0) is 62.6 Å². The first-order valence-electron chi connectivity index (χ1n) is 14.5. The standard InChI is InChI=1S/C32H36N4O9/c1-19-26(35-31(45-19)20-9-2-3-12-23(20)37)32(44)36(18-8-16-34-30(43)22-11-7-14-25(39)28(22)41)17-5-4-15-33-29(42)21-10-6-13-24(38)27(21)40/h2-3,6-7,9-14,19,26,37-41H,4-5,8,15-18H2,1H3,(H,33,42)(H,34,43). The highest BCUT2D eigenvalue weighted by Gasteiger charge is 2.36. The highest BCUT2D eigenvalue weighted by atomic mass is 16.5. The number of carbonyl (C=O) groups is 3. The van der Waals surface area contributed by atoms with Crippen LogP contribution in [0.25, 0.3) is 0 Å². The molecule has 0 aliphatic carbocycles. The molecule has 0 saturated carbocycles. The first-order valence-corrected chi connectivity index (χ1v) is 14.5. The number of unbranched alkanes of at least 4 members (excludes halogenated alkanes) is 1. The number of hydrogen-bond donors (Lipinski definition) is 7. The van der Waals surface area contributed by atoms with E-state index in [2.05, 4.69) is 15.6 Å². The van der Waals surface area contributed by atoms with Crippen molar-refractivity contribution >= 4 is 23.6 Å². The first kappa shape index (κ1) is 32.5. The Morgan fingerprint density at radius 2 is 1.27 bits per heavy atom. The third kappa shape index (κ3) is 7.93. The van der Waals surface area contributed by atoms with Crippen LogP contribution in [0.3, 0.4) is 0 Å². The highest BCUT2D eigenvalue weighted by Crippen LogP contribution is 2.29. The highest BCUT2D eigenvalue weighted by molar-refractivity contribution is 6.01. The lowest BCUT2D eigenvalue weighted by Crippen LogP contribution is -2.43. The van der Waals surface area contributed by atoms with E-state index in [0.29, 0.717) is 31.4 Å². The number of nitrogens with zero attached hydrogens (tertiary/aromatic N) is 2. The van der Waals surface area contributed by atoms with Gasteiger partial charge >= 0.3 is 0 Å². The summed E-state index contributed by atoms with van der Waals surface area (Å²) in [5.74, 6) is -3.13. The SMILES string of the molecule is CC1OC(c2ccccc2O)=NC1C(=O)N(CCCCNC(=O)c1cccc(O)c1O)CCCNC(=O)c1cccc(O)c1O. The summed E-state index contributed by atoms with van der Waals surface area (Å²) in [5, 5.41) is 54.8. The largest absolute Gasteiger partial charge is 0.507 e. The van der Waals surface area contributed by atoms with Gasteiger partial charge in [-0.15, -0.1) is 0 Å². The summed E-state index contributed by atoms with van der Waals surface area (Å²) < 4.78 is 5.82. The van der Waals surface area contributed by atoms with Crippen molar-refractivity contribution in [2.75, 3.05) is 26.2 Å². The van der Waals surface area contributed by atoms with Crippen molar-refractivity contribution in [3.05, 3.63) is 77.4 Å². The second-order valence-electron chi connectivity index (χ2n) is 10.5. The van der Waals surface area contributed by atoms with Gasteiger partial charge in [0.1, 0.15) is 11.9 Å². The normalized spacial score (nSPS) is 15.5. The number of phenols is 5. The Balaban J connectivity index is 1.37. The van der Waals surface area contributed by atoms with E-state index in [-0.39, 0.29) is 48.3 Å². The number of amides is 3. The summed E-state index contributed by atoms with van der Waals surface area (Å²) in [7, 11) is 0. The molecule has 0 saturated heterocycles. The van der Waals surface area contributed by atoms with Crippen molar-refractivity contribution in [2.24, 2.45) is 4.99 Å². The van der Waals surface area contributed by atoms with E-state index < -0.39 is 47.0 Å². The zero-order chi connectivity index (χ0) is 32.5. The van der Waals surface area contributed by atoms with Gasteiger partial charge in [0.2, 0.25) is 5.90 Å². The second-order valence-corrected chi connectivity index (χ2v) is 10.5. The van der Waals surface area contributed by atoms with Crippen LogP contribution in [0.1, 0.15) is 52.5 Å². The number of hydrogen-bond acceptors (Lipinski definition) is 10. The number of carbonyl (C=O) groups excluding carboxylic acids is 3. The number of phenolic OH excluding ortho intramolecular Hbond substituents is 5. The van der Waals surface area contributed by atoms with Crippen molar-refractivity contribution in [1.29, 1.82) is 0 Å². The molecule has 2 unspecified atom stereocenters. The predicted molar refractivity (Wildman–Crippen MR) is 164 cm³/mol. The Morgan fingerprint density at radius 3 is 1.87 bits per heavy atom. The maximum Gasteiger partial charge on any atom is 0.255 e. The number of ether oxygens (including phenoxy) is 1. The maximum absolute atomic E-state index is 13.7. The molecule has 4 rings (SSSR count). The molecule has 1 heterocycles. The molecule has 1 aliphatic rings. The smallest absolute Gasteiger partial charge is 0.255 e. The predicted octanol–water partition coefficient (Wildman–Crippen LogP) is 2.61. The topological polar surface area (TPSA) is 201 Å². The van der Waals surface area contributed by atoms with Crippen LogP contribution >= 0.6 is 0 Å². The van der Waals surface area contributed by atoms with Crippen LogP contribution in [0.5, 0.6) is 28.7 Å². The molecule has 238 valence electrons. The van der Waals surface area contributed by atoms with Crippen molar-refractivity contribution < 1.29 is 44.7 Å². The molecule has 0 radical (unpaired) electrons. The van der Waals surface area contributed by atoms with E-state index in [4.69, 9.17) is 4.74 Å². The fourth-order valence-electron chi connectivity index (χ4n) is 4.79. The van der Waals surface area contributed by atoms with Gasteiger partial charge < -0.3 is 45.8 Å². The molecule has 0 spiro atoms. The quantitative estimate of drug-likeness (QED) is 0.111. The van der Waals surface area contributed by atoms with Crippen LogP contribution in [0.2, 0.25) is 0 Å². The fourth-order valence-corrected chi connectivity index (χ4v) is 4.79. The Labute approximate surface area is 259 Å². The molecule has 0 fully saturated rings. The van der Waals surface area contributed by atoms with Gasteiger partial charge in [-0.1, -0.05) is 24.3 Å². The molecule has 2 atom stereocenters. The van der Waals surface area contributed by atoms with Crippen LogP contribution in [0, 0.1) is 0 Å². The minimum atomic E-state index is -0.869. The van der Waals surface area contributed by atoms with E-state index in [1.807, 2.05) is 0 Å². The van der Waals surface area contributed by atoms with Crippen LogP contribution in [-0.2, 0) is 9.53 Å². The third-order valence-corrected chi connectivity index (χ3v) is 7.25. The van der Waals surface area contributed by atoms with Gasteiger partial charge in [-0.3, -0.25) is 14.4 Å². The van der Waals surface area contributed by atoms with Gasteiger partial charge in [0.05, 0.1) is 16.7 Å². The van der Waals surface area contributed by atoms with Crippen LogP contribution in [0.4, 0.5) is 0 Å². The summed E-state index contributed by atoms with van der Waals surface area (Å²) in [6.07, 6.45) is 0.755. The molecule has 7 N–H and O–H groups in total. The fraction of sp³-hybridized carbons (Fsp3) is 0.312. The van der Waals surface area contributed by atoms with Gasteiger partial charge in [-0.25, -0.2) is 4.99 Å². The van der Waals surface area contributed by atoms with Gasteiger partial charge in [0.25, 0.3) is 17.7 Å². The van der Waals surface area contributed by atoms with Crippen LogP contribution in [0.15, 0.2) is 65.7 Å². The Hall–Kier alpha value is -5.46. The Bertz CT molecular complexity index is 1580. The number of aliphatic imine (C=N–C) groups is 1. The number of rotatable bonds is 13. The lowest BCUT2D eigenvalue weighted by atomic mass is 10.1. The van der Waals surface area contributed by atoms with Crippen molar-refractivity contribution in [1.82, 2.24) is 15.5 Å². The van der Waals surface area contributed by atoms with E-state index in [9.17, 15) is 39.9 Å². The monoisotopic (exact) mass is 620 g/mol. The number of aromatic hydroxyl groups is 5. The summed E-state index contributed by atoms with van der Waals surface area (Å²) in [4.78, 5) is 44.7. The van der Waals surface area contributed by atoms with Crippen molar-refractivity contribution in [3.63, 3.8) is 0 Å². The Morgan fingerprint density at radius 1 is 0.733 bits per heavy atom. The van der Waals surface area contributed by atoms with Gasteiger partial charge in [-0.2, -0.15) is 0 Å². The molecule has 13 heteroatoms. The number of nitrogens with one attached hydrogen (secondary N) is 2. The van der Waals surface area contributed by atoms with E-state index in [0.717, 1.165) is 0 Å². The molecule has 1 aliphatic heterocycles. The summed E-state index contributed by atoms with van der Waals surface area (Å²) >= 11 is 0. The summed E-state index contributed by atoms with van der Waals surface area (Å²) in [6.45, 7) is 2.69. The second kappa shape index (κ2) is 14.8. The van der Waals surface area contributed by atoms with E-state index in [1.165, 1.54) is 42.5 Å². The summed E-state index contributed by atoms with van der Waals surface area (Å²) in [6, 6.07) is 13.8. The molecule has 0 bridgehead atoms.